The number of carbonyl (C=O) groups excluding carboxylic acids is 1. The molecule has 0 fully saturated rings. The van der Waals surface area contributed by atoms with Gasteiger partial charge in [-0.05, 0) is 58.0 Å². The van der Waals surface area contributed by atoms with Gasteiger partial charge in [0.05, 0.1) is 6.04 Å². The Morgan fingerprint density at radius 1 is 1.24 bits per heavy atom. The van der Waals surface area contributed by atoms with Gasteiger partial charge in [0.1, 0.15) is 11.5 Å². The van der Waals surface area contributed by atoms with E-state index in [1.54, 1.807) is 0 Å². The molecule has 1 aromatic carbocycles. The van der Waals surface area contributed by atoms with Gasteiger partial charge in [0.2, 0.25) is 5.91 Å². The highest BCUT2D eigenvalue weighted by atomic mass is 79.9. The van der Waals surface area contributed by atoms with Crippen LogP contribution in [0.15, 0.2) is 34.5 Å². The van der Waals surface area contributed by atoms with E-state index in [2.05, 4.69) is 46.9 Å². The number of carbonyl (C=O) groups is 1. The third-order valence-electron chi connectivity index (χ3n) is 5.55. The number of aryl methyl sites for hydroxylation is 1. The highest BCUT2D eigenvalue weighted by Gasteiger charge is 2.38. The van der Waals surface area contributed by atoms with E-state index < -0.39 is 0 Å². The summed E-state index contributed by atoms with van der Waals surface area (Å²) in [5.41, 5.74) is 7.98. The highest BCUT2D eigenvalue weighted by molar-refractivity contribution is 9.11. The van der Waals surface area contributed by atoms with Crippen LogP contribution in [0.4, 0.5) is 0 Å². The van der Waals surface area contributed by atoms with E-state index in [1.165, 1.54) is 18.6 Å². The Morgan fingerprint density at radius 3 is 2.45 bits per heavy atom. The molecule has 0 saturated carbocycles. The summed E-state index contributed by atoms with van der Waals surface area (Å²) in [6, 6.07) is 3.56. The molecule has 2 aliphatic rings. The summed E-state index contributed by atoms with van der Waals surface area (Å²) in [6.07, 6.45) is 10.6. The number of hydrogen-bond acceptors (Lipinski definition) is 4. The number of phenolic OH excluding ortho intramolecular Hbond substituents is 2. The van der Waals surface area contributed by atoms with Gasteiger partial charge < -0.3 is 21.3 Å². The van der Waals surface area contributed by atoms with Crippen LogP contribution in [-0.2, 0) is 11.2 Å². The van der Waals surface area contributed by atoms with Crippen LogP contribution in [0.3, 0.4) is 0 Å². The van der Waals surface area contributed by atoms with Gasteiger partial charge in [-0.15, -0.1) is 0 Å². The summed E-state index contributed by atoms with van der Waals surface area (Å²) in [5, 5.41) is 24.3. The van der Waals surface area contributed by atoms with Gasteiger partial charge in [0, 0.05) is 35.2 Å². The van der Waals surface area contributed by atoms with E-state index in [-0.39, 0.29) is 29.4 Å². The molecule has 5 nitrogen and oxygen atoms in total. The van der Waals surface area contributed by atoms with Crippen molar-refractivity contribution < 1.29 is 15.0 Å². The third kappa shape index (κ3) is 6.01. The number of halogens is 1. The topological polar surface area (TPSA) is 95.6 Å². The second-order valence-electron chi connectivity index (χ2n) is 7.90. The Morgan fingerprint density at radius 2 is 1.86 bits per heavy atom. The van der Waals surface area contributed by atoms with Crippen molar-refractivity contribution in [3.05, 3.63) is 45.6 Å². The maximum absolute atomic E-state index is 10.7. The van der Waals surface area contributed by atoms with Gasteiger partial charge in [-0.25, -0.2) is 0 Å². The van der Waals surface area contributed by atoms with Crippen molar-refractivity contribution in [3.63, 3.8) is 0 Å². The fraction of sp³-hybridized carbons (Fsp3) is 0.522. The van der Waals surface area contributed by atoms with Gasteiger partial charge in [-0.2, -0.15) is 0 Å². The fourth-order valence-corrected chi connectivity index (χ4v) is 5.04. The lowest BCUT2D eigenvalue weighted by Crippen LogP contribution is -2.38. The van der Waals surface area contributed by atoms with Gasteiger partial charge in [0.15, 0.2) is 0 Å². The summed E-state index contributed by atoms with van der Waals surface area (Å²) < 4.78 is 1.07. The van der Waals surface area contributed by atoms with Crippen molar-refractivity contribution in [2.45, 2.75) is 71.3 Å². The Kier molecular flexibility index (Phi) is 8.62. The summed E-state index contributed by atoms with van der Waals surface area (Å²) >= 11 is 3.59. The van der Waals surface area contributed by atoms with Crippen molar-refractivity contribution in [3.8, 4) is 11.5 Å². The number of allylic oxidation sites excluding steroid dienone is 2. The zero-order valence-corrected chi connectivity index (χ0v) is 19.1. The molecule has 1 heterocycles. The Labute approximate surface area is 182 Å². The molecule has 0 spiro atoms. The van der Waals surface area contributed by atoms with E-state index in [0.29, 0.717) is 5.92 Å². The van der Waals surface area contributed by atoms with E-state index in [0.717, 1.165) is 54.1 Å². The molecule has 1 aromatic rings. The lowest BCUT2D eigenvalue weighted by atomic mass is 9.73. The molecular formula is C23H33BrN2O3. The maximum Gasteiger partial charge on any atom is 0.214 e. The number of primary amides is 1. The van der Waals surface area contributed by atoms with E-state index in [4.69, 9.17) is 0 Å². The van der Waals surface area contributed by atoms with Crippen LogP contribution in [0.25, 0.3) is 0 Å². The number of aromatic hydroxyl groups is 2. The normalized spacial score (nSPS) is 20.2. The number of nitrogens with two attached hydrogens (primary N) is 1. The number of hydrogen-bond donors (Lipinski definition) is 4. The molecule has 29 heavy (non-hydrogen) atoms. The smallest absolute Gasteiger partial charge is 0.214 e. The van der Waals surface area contributed by atoms with E-state index >= 15 is 0 Å². The van der Waals surface area contributed by atoms with Crippen molar-refractivity contribution in [2.75, 3.05) is 0 Å². The van der Waals surface area contributed by atoms with Crippen LogP contribution in [0, 0.1) is 5.92 Å². The SMILES string of the molecule is CC(N)=O.CCCC(CCC)C1c2c(O)cc(O)cc2CCC2=CC(Br)=CNC21. The van der Waals surface area contributed by atoms with Crippen LogP contribution < -0.4 is 11.1 Å². The molecule has 2 atom stereocenters. The van der Waals surface area contributed by atoms with Gasteiger partial charge in [0.25, 0.3) is 0 Å². The predicted octanol–water partition coefficient (Wildman–Crippen LogP) is 4.97. The molecule has 1 aliphatic carbocycles. The number of amides is 1. The Balaban J connectivity index is 0.000000687. The molecule has 0 saturated heterocycles. The van der Waals surface area contributed by atoms with Crippen molar-refractivity contribution in [1.29, 1.82) is 0 Å². The molecule has 0 radical (unpaired) electrons. The molecule has 6 heteroatoms. The van der Waals surface area contributed by atoms with Crippen LogP contribution >= 0.6 is 15.9 Å². The van der Waals surface area contributed by atoms with E-state index in [1.807, 2.05) is 12.3 Å². The van der Waals surface area contributed by atoms with Crippen LogP contribution in [-0.4, -0.2) is 22.2 Å². The monoisotopic (exact) mass is 464 g/mol. The number of phenols is 2. The van der Waals surface area contributed by atoms with Gasteiger partial charge in [-0.3, -0.25) is 4.79 Å². The first kappa shape index (κ1) is 23.3. The largest absolute Gasteiger partial charge is 0.508 e. The van der Waals surface area contributed by atoms with Crippen LogP contribution in [0.5, 0.6) is 11.5 Å². The molecule has 3 rings (SSSR count). The first-order valence-electron chi connectivity index (χ1n) is 10.4. The first-order chi connectivity index (χ1) is 13.8. The molecule has 5 N–H and O–H groups in total. The minimum absolute atomic E-state index is 0.156. The quantitative estimate of drug-likeness (QED) is 0.494. The Hall–Kier alpha value is -1.95. The molecule has 0 bridgehead atoms. The highest BCUT2D eigenvalue weighted by Crippen LogP contribution is 2.47. The zero-order chi connectivity index (χ0) is 21.6. The Bertz CT molecular complexity index is 779. The van der Waals surface area contributed by atoms with E-state index in [9.17, 15) is 15.0 Å². The number of benzene rings is 1. The van der Waals surface area contributed by atoms with Crippen LogP contribution in [0.2, 0.25) is 0 Å². The lowest BCUT2D eigenvalue weighted by molar-refractivity contribution is -0.115. The third-order valence-corrected chi connectivity index (χ3v) is 6.01. The summed E-state index contributed by atoms with van der Waals surface area (Å²) in [7, 11) is 0. The minimum atomic E-state index is -0.333. The van der Waals surface area contributed by atoms with Crippen molar-refractivity contribution in [1.82, 2.24) is 5.32 Å². The molecule has 1 amide bonds. The molecule has 0 aromatic heterocycles. The first-order valence-corrected chi connectivity index (χ1v) is 11.2. The molecular weight excluding hydrogens is 432 g/mol. The van der Waals surface area contributed by atoms with Gasteiger partial charge >= 0.3 is 0 Å². The second-order valence-corrected chi connectivity index (χ2v) is 8.82. The van der Waals surface area contributed by atoms with Crippen molar-refractivity contribution >= 4 is 21.8 Å². The summed E-state index contributed by atoms with van der Waals surface area (Å²) in [5.74, 6) is 0.798. The number of dihydropyridines is 1. The fourth-order valence-electron chi connectivity index (χ4n) is 4.62. The van der Waals surface area contributed by atoms with Crippen molar-refractivity contribution in [2.24, 2.45) is 11.7 Å². The van der Waals surface area contributed by atoms with Gasteiger partial charge in [-0.1, -0.05) is 39.5 Å². The average Bonchev–Trinajstić information content (AvgIpc) is 2.78. The second kappa shape index (κ2) is 10.7. The zero-order valence-electron chi connectivity index (χ0n) is 17.5. The lowest BCUT2D eigenvalue weighted by Gasteiger charge is -2.37. The number of rotatable bonds is 5. The minimum Gasteiger partial charge on any atom is -0.508 e. The number of nitrogens with one attached hydrogen (secondary N) is 1. The maximum atomic E-state index is 10.7. The van der Waals surface area contributed by atoms with Crippen LogP contribution in [0.1, 0.15) is 69.9 Å². The number of fused-ring (bicyclic) bond motifs is 2. The average molecular weight is 465 g/mol. The standard InChI is InChI=1S/C21H28BrNO2.C2H5NO/c1-3-5-13(6-4-2)20-19-14(10-17(24)11-18(19)25)7-8-15-9-16(22)12-23-21(15)20;1-2(3)4/h9-13,20-21,23-25H,3-8H2,1-2H3;1H3,(H2,3,4). The molecule has 1 aliphatic heterocycles. The summed E-state index contributed by atoms with van der Waals surface area (Å²) in [6.45, 7) is 5.77. The predicted molar refractivity (Wildman–Crippen MR) is 121 cm³/mol. The molecule has 2 unspecified atom stereocenters. The molecule has 160 valence electrons. The summed E-state index contributed by atoms with van der Waals surface area (Å²) in [4.78, 5) is 9.22.